The quantitative estimate of drug-likeness (QED) is 0.677. The second-order valence-corrected chi connectivity index (χ2v) is 9.92. The molecule has 1 saturated heterocycles. The molecule has 0 spiro atoms. The van der Waals surface area contributed by atoms with Gasteiger partial charge in [-0.2, -0.15) is 0 Å². The summed E-state index contributed by atoms with van der Waals surface area (Å²) in [6.07, 6.45) is 1.75. The maximum absolute atomic E-state index is 12.9. The third kappa shape index (κ3) is 5.21. The summed E-state index contributed by atoms with van der Waals surface area (Å²) < 4.78 is 27.8. The molecule has 0 bridgehead atoms. The first kappa shape index (κ1) is 21.0. The van der Waals surface area contributed by atoms with Gasteiger partial charge in [0.25, 0.3) is 0 Å². The van der Waals surface area contributed by atoms with Gasteiger partial charge in [-0.05, 0) is 18.0 Å². The van der Waals surface area contributed by atoms with E-state index >= 15 is 0 Å². The van der Waals surface area contributed by atoms with E-state index < -0.39 is 9.84 Å². The van der Waals surface area contributed by atoms with Gasteiger partial charge in [-0.1, -0.05) is 51.1 Å². The van der Waals surface area contributed by atoms with Gasteiger partial charge in [0.15, 0.2) is 0 Å². The summed E-state index contributed by atoms with van der Waals surface area (Å²) in [5, 5.41) is 0.201. The van der Waals surface area contributed by atoms with Crippen LogP contribution in [-0.4, -0.2) is 66.2 Å². The zero-order valence-electron chi connectivity index (χ0n) is 17.2. The van der Waals surface area contributed by atoms with E-state index in [1.807, 2.05) is 48.7 Å². The molecule has 1 aliphatic rings. The van der Waals surface area contributed by atoms with E-state index in [-0.39, 0.29) is 16.8 Å². The average molecular weight is 405 g/mol. The number of sulfone groups is 1. The lowest BCUT2D eigenvalue weighted by Crippen LogP contribution is -2.45. The molecule has 1 aromatic heterocycles. The average Bonchev–Trinajstić information content (AvgIpc) is 3.05. The lowest BCUT2D eigenvalue weighted by Gasteiger charge is -2.34. The van der Waals surface area contributed by atoms with Gasteiger partial charge < -0.3 is 9.47 Å². The Hall–Kier alpha value is -1.70. The summed E-state index contributed by atoms with van der Waals surface area (Å²) in [6, 6.07) is 10.0. The van der Waals surface area contributed by atoms with E-state index in [1.165, 1.54) is 0 Å². The van der Waals surface area contributed by atoms with E-state index in [2.05, 4.69) is 21.7 Å². The van der Waals surface area contributed by atoms with Crippen LogP contribution in [0.4, 0.5) is 0 Å². The number of rotatable bonds is 8. The summed E-state index contributed by atoms with van der Waals surface area (Å²) in [5.74, 6) is 0.186. The van der Waals surface area contributed by atoms with Crippen molar-refractivity contribution >= 4 is 9.84 Å². The number of benzene rings is 1. The highest BCUT2D eigenvalue weighted by molar-refractivity contribution is 7.91. The van der Waals surface area contributed by atoms with Crippen molar-refractivity contribution < 1.29 is 8.42 Å². The first-order valence-corrected chi connectivity index (χ1v) is 11.8. The van der Waals surface area contributed by atoms with Crippen LogP contribution in [0.25, 0.3) is 0 Å². The maximum Gasteiger partial charge on any atom is 0.228 e. The van der Waals surface area contributed by atoms with Crippen molar-refractivity contribution in [1.29, 1.82) is 0 Å². The summed E-state index contributed by atoms with van der Waals surface area (Å²) in [5.41, 5.74) is 2.05. The molecular weight excluding hydrogens is 372 g/mol. The predicted octanol–water partition coefficient (Wildman–Crippen LogP) is 2.50. The number of piperazine rings is 1. The van der Waals surface area contributed by atoms with Crippen molar-refractivity contribution in [2.75, 3.05) is 38.5 Å². The predicted molar refractivity (Wildman–Crippen MR) is 112 cm³/mol. The Labute approximate surface area is 169 Å². The van der Waals surface area contributed by atoms with Crippen molar-refractivity contribution in [3.8, 4) is 0 Å². The Morgan fingerprint density at radius 1 is 1.00 bits per heavy atom. The molecule has 1 fully saturated rings. The number of imidazole rings is 1. The van der Waals surface area contributed by atoms with Gasteiger partial charge in [-0.15, -0.1) is 0 Å². The number of hydrogen-bond acceptors (Lipinski definition) is 5. The zero-order chi connectivity index (χ0) is 20.1. The van der Waals surface area contributed by atoms with Crippen LogP contribution in [-0.2, 0) is 22.9 Å². The maximum atomic E-state index is 12.9. The topological polar surface area (TPSA) is 58.4 Å². The van der Waals surface area contributed by atoms with Crippen molar-refractivity contribution in [2.24, 2.45) is 5.92 Å². The molecule has 154 valence electrons. The minimum absolute atomic E-state index is 0.0671. The monoisotopic (exact) mass is 404 g/mol. The van der Waals surface area contributed by atoms with Crippen LogP contribution < -0.4 is 0 Å². The highest BCUT2D eigenvalue weighted by atomic mass is 32.2. The molecule has 28 heavy (non-hydrogen) atoms. The second kappa shape index (κ2) is 9.20. The molecule has 0 saturated carbocycles. The fourth-order valence-electron chi connectivity index (χ4n) is 3.71. The van der Waals surface area contributed by atoms with Gasteiger partial charge in [0, 0.05) is 32.7 Å². The van der Waals surface area contributed by atoms with Crippen molar-refractivity contribution in [3.05, 3.63) is 47.8 Å². The Kier molecular flexibility index (Phi) is 6.91. The number of likely N-dealkylation sites (N-methyl/N-ethyl adjacent to an activating group) is 1. The molecule has 2 heterocycles. The molecule has 0 N–H and O–H groups in total. The second-order valence-electron chi connectivity index (χ2n) is 7.99. The largest absolute Gasteiger partial charge is 0.313 e. The molecule has 0 aliphatic carbocycles. The van der Waals surface area contributed by atoms with Gasteiger partial charge in [-0.3, -0.25) is 4.90 Å². The molecule has 6 nitrogen and oxygen atoms in total. The van der Waals surface area contributed by atoms with Crippen LogP contribution in [0.15, 0.2) is 41.7 Å². The number of aromatic nitrogens is 2. The van der Waals surface area contributed by atoms with Crippen LogP contribution in [0.3, 0.4) is 0 Å². The van der Waals surface area contributed by atoms with E-state index in [0.717, 1.165) is 50.5 Å². The fourth-order valence-corrected chi connectivity index (χ4v) is 5.47. The van der Waals surface area contributed by atoms with Crippen LogP contribution in [0.5, 0.6) is 0 Å². The van der Waals surface area contributed by atoms with Gasteiger partial charge in [-0.25, -0.2) is 13.4 Å². The van der Waals surface area contributed by atoms with Crippen LogP contribution in [0.2, 0.25) is 0 Å². The van der Waals surface area contributed by atoms with E-state index in [0.29, 0.717) is 6.54 Å². The summed E-state index contributed by atoms with van der Waals surface area (Å²) >= 11 is 0. The van der Waals surface area contributed by atoms with Crippen LogP contribution in [0.1, 0.15) is 32.0 Å². The standard InChI is InChI=1S/C21H32N4O2S/c1-4-23-10-12-24(13-11-23)16-20-14-22-21(28(26,27)17-18(2)3)25(20)15-19-8-6-5-7-9-19/h5-9,14,18H,4,10-13,15-17H2,1-3H3. The lowest BCUT2D eigenvalue weighted by atomic mass is 10.2. The Balaban J connectivity index is 1.87. The SMILES string of the molecule is CCN1CCN(Cc2cnc(S(=O)(=O)CC(C)C)n2Cc2ccccc2)CC1. The third-order valence-corrected chi connectivity index (χ3v) is 7.20. The lowest BCUT2D eigenvalue weighted by molar-refractivity contribution is 0.129. The highest BCUT2D eigenvalue weighted by Gasteiger charge is 2.26. The number of nitrogens with zero attached hydrogens (tertiary/aromatic N) is 4. The minimum Gasteiger partial charge on any atom is -0.313 e. The Morgan fingerprint density at radius 2 is 1.64 bits per heavy atom. The van der Waals surface area contributed by atoms with Crippen molar-refractivity contribution in [2.45, 2.75) is 39.0 Å². The van der Waals surface area contributed by atoms with E-state index in [4.69, 9.17) is 0 Å². The molecule has 1 aliphatic heterocycles. The molecular formula is C21H32N4O2S. The Bertz CT molecular complexity index is 854. The van der Waals surface area contributed by atoms with Crippen LogP contribution in [0, 0.1) is 5.92 Å². The summed E-state index contributed by atoms with van der Waals surface area (Å²) in [6.45, 7) is 12.5. The minimum atomic E-state index is -3.42. The van der Waals surface area contributed by atoms with Crippen LogP contribution >= 0.6 is 0 Å². The zero-order valence-corrected chi connectivity index (χ0v) is 18.0. The number of hydrogen-bond donors (Lipinski definition) is 0. The molecule has 7 heteroatoms. The van der Waals surface area contributed by atoms with E-state index in [1.54, 1.807) is 6.20 Å². The van der Waals surface area contributed by atoms with Gasteiger partial charge in [0.2, 0.25) is 15.0 Å². The molecule has 0 unspecified atom stereocenters. The molecule has 1 aromatic carbocycles. The summed E-state index contributed by atoms with van der Waals surface area (Å²) in [7, 11) is -3.42. The first-order valence-electron chi connectivity index (χ1n) is 10.1. The van der Waals surface area contributed by atoms with Gasteiger partial charge in [0.05, 0.1) is 24.2 Å². The molecule has 0 amide bonds. The normalized spacial score (nSPS) is 16.7. The smallest absolute Gasteiger partial charge is 0.228 e. The fraction of sp³-hybridized carbons (Fsp3) is 0.571. The Morgan fingerprint density at radius 3 is 2.25 bits per heavy atom. The van der Waals surface area contributed by atoms with Crippen molar-refractivity contribution in [1.82, 2.24) is 19.4 Å². The van der Waals surface area contributed by atoms with E-state index in [9.17, 15) is 8.42 Å². The molecule has 0 atom stereocenters. The van der Waals surface area contributed by atoms with Gasteiger partial charge in [0.1, 0.15) is 0 Å². The molecule has 2 aromatic rings. The highest BCUT2D eigenvalue weighted by Crippen LogP contribution is 2.19. The van der Waals surface area contributed by atoms with Gasteiger partial charge >= 0.3 is 0 Å². The summed E-state index contributed by atoms with van der Waals surface area (Å²) in [4.78, 5) is 9.20. The van der Waals surface area contributed by atoms with Crippen molar-refractivity contribution in [3.63, 3.8) is 0 Å². The first-order chi connectivity index (χ1) is 13.4. The molecule has 3 rings (SSSR count). The molecule has 0 radical (unpaired) electrons. The third-order valence-electron chi connectivity index (χ3n) is 5.21.